The van der Waals surface area contributed by atoms with Gasteiger partial charge in [-0.3, -0.25) is 5.32 Å². The number of carbonyl (C=O) groups excluding carboxylic acids is 1. The van der Waals surface area contributed by atoms with Gasteiger partial charge < -0.3 is 20.1 Å². The van der Waals surface area contributed by atoms with E-state index in [0.717, 1.165) is 41.0 Å². The number of hydrogen-bond donors (Lipinski definition) is 3. The highest BCUT2D eigenvalue weighted by Crippen LogP contribution is 2.29. The van der Waals surface area contributed by atoms with Crippen LogP contribution in [0.15, 0.2) is 48.5 Å². The van der Waals surface area contributed by atoms with Crippen molar-refractivity contribution < 1.29 is 14.3 Å². The summed E-state index contributed by atoms with van der Waals surface area (Å²) in [5.41, 5.74) is 4.86. The van der Waals surface area contributed by atoms with E-state index in [4.69, 9.17) is 9.47 Å². The molecule has 2 aromatic carbocycles. The number of nitrogens with zero attached hydrogens (tertiary/aromatic N) is 2. The van der Waals surface area contributed by atoms with Crippen LogP contribution < -0.4 is 20.7 Å². The molecule has 2 heterocycles. The Morgan fingerprint density at radius 1 is 1.19 bits per heavy atom. The lowest BCUT2D eigenvalue weighted by molar-refractivity contribution is 0.134. The Bertz CT molecular complexity index is 1080. The first-order valence-electron chi connectivity index (χ1n) is 10.7. The van der Waals surface area contributed by atoms with E-state index in [0.29, 0.717) is 24.8 Å². The maximum absolute atomic E-state index is 12.8. The molecule has 1 fully saturated rings. The lowest BCUT2D eigenvalue weighted by Gasteiger charge is -2.26. The van der Waals surface area contributed by atoms with Gasteiger partial charge in [-0.15, -0.1) is 5.10 Å². The molecule has 1 aromatic heterocycles. The van der Waals surface area contributed by atoms with Crippen molar-refractivity contribution in [2.45, 2.75) is 33.1 Å². The zero-order valence-corrected chi connectivity index (χ0v) is 18.6. The van der Waals surface area contributed by atoms with Crippen LogP contribution in [0.25, 0.3) is 5.69 Å². The summed E-state index contributed by atoms with van der Waals surface area (Å²) < 4.78 is 12.9. The Morgan fingerprint density at radius 2 is 1.97 bits per heavy atom. The zero-order chi connectivity index (χ0) is 22.5. The first-order chi connectivity index (χ1) is 15.5. The number of methoxy groups -OCH3 is 1. The molecule has 0 radical (unpaired) electrons. The zero-order valence-electron chi connectivity index (χ0n) is 18.6. The predicted molar refractivity (Wildman–Crippen MR) is 123 cm³/mol. The van der Waals surface area contributed by atoms with Crippen LogP contribution in [-0.2, 0) is 17.9 Å². The standard InChI is InChI=1S/C24H29N5O3/c1-16-9-10-18(15-31-3)11-19(16)12-26-24(30)27-22-17(2)23(32-21-13-25-14-21)28-29(22)20-7-5-4-6-8-20/h4-11,21,25H,12-15H2,1-3H3,(H2,26,27,30). The molecule has 8 heteroatoms. The Morgan fingerprint density at radius 3 is 2.66 bits per heavy atom. The molecule has 4 rings (SSSR count). The van der Waals surface area contributed by atoms with Crippen molar-refractivity contribution >= 4 is 11.8 Å². The number of aromatic nitrogens is 2. The van der Waals surface area contributed by atoms with E-state index in [1.807, 2.05) is 56.3 Å². The van der Waals surface area contributed by atoms with E-state index < -0.39 is 0 Å². The average Bonchev–Trinajstić information content (AvgIpc) is 3.07. The molecular formula is C24H29N5O3. The summed E-state index contributed by atoms with van der Waals surface area (Å²) in [5, 5.41) is 13.7. The second kappa shape index (κ2) is 9.84. The minimum atomic E-state index is -0.307. The number of para-hydroxylation sites is 1. The fourth-order valence-electron chi connectivity index (χ4n) is 3.49. The molecule has 0 aliphatic carbocycles. The molecule has 3 aromatic rings. The van der Waals surface area contributed by atoms with Gasteiger partial charge in [-0.1, -0.05) is 36.4 Å². The molecule has 1 aliphatic heterocycles. The number of aryl methyl sites for hydroxylation is 1. The van der Waals surface area contributed by atoms with Gasteiger partial charge in [-0.25, -0.2) is 9.48 Å². The quantitative estimate of drug-likeness (QED) is 0.505. The summed E-state index contributed by atoms with van der Waals surface area (Å²) in [6.07, 6.45) is 0.0943. The molecule has 1 saturated heterocycles. The number of carbonyl (C=O) groups is 1. The van der Waals surface area contributed by atoms with E-state index in [9.17, 15) is 4.79 Å². The highest BCUT2D eigenvalue weighted by molar-refractivity contribution is 5.89. The van der Waals surface area contributed by atoms with Gasteiger partial charge in [-0.2, -0.15) is 0 Å². The van der Waals surface area contributed by atoms with Gasteiger partial charge >= 0.3 is 6.03 Å². The maximum atomic E-state index is 12.8. The molecule has 2 amide bonds. The topological polar surface area (TPSA) is 89.4 Å². The third-order valence-corrected chi connectivity index (χ3v) is 5.50. The average molecular weight is 436 g/mol. The third kappa shape index (κ3) is 4.92. The number of nitrogens with one attached hydrogen (secondary N) is 3. The van der Waals surface area contributed by atoms with Crippen LogP contribution in [0.5, 0.6) is 5.88 Å². The van der Waals surface area contributed by atoms with E-state index >= 15 is 0 Å². The fourth-order valence-corrected chi connectivity index (χ4v) is 3.49. The van der Waals surface area contributed by atoms with E-state index in [1.165, 1.54) is 0 Å². The highest BCUT2D eigenvalue weighted by atomic mass is 16.5. The number of amides is 2. The summed E-state index contributed by atoms with van der Waals surface area (Å²) >= 11 is 0. The van der Waals surface area contributed by atoms with Crippen LogP contribution in [0.4, 0.5) is 10.6 Å². The second-order valence-corrected chi connectivity index (χ2v) is 7.93. The second-order valence-electron chi connectivity index (χ2n) is 7.93. The van der Waals surface area contributed by atoms with Gasteiger partial charge in [0.1, 0.15) is 11.9 Å². The smallest absolute Gasteiger partial charge is 0.320 e. The minimum absolute atomic E-state index is 0.0943. The molecule has 1 aliphatic rings. The van der Waals surface area contributed by atoms with E-state index in [2.05, 4.69) is 27.1 Å². The number of anilines is 1. The fraction of sp³-hybridized carbons (Fsp3) is 0.333. The number of ether oxygens (including phenoxy) is 2. The normalized spacial score (nSPS) is 13.5. The highest BCUT2D eigenvalue weighted by Gasteiger charge is 2.24. The van der Waals surface area contributed by atoms with Crippen LogP contribution in [0.2, 0.25) is 0 Å². The first-order valence-corrected chi connectivity index (χ1v) is 10.7. The minimum Gasteiger partial charge on any atom is -0.470 e. The number of rotatable bonds is 8. The Labute approximate surface area is 187 Å². The molecule has 0 saturated carbocycles. The molecule has 3 N–H and O–H groups in total. The lowest BCUT2D eigenvalue weighted by atomic mass is 10.1. The summed E-state index contributed by atoms with van der Waals surface area (Å²) in [7, 11) is 1.67. The largest absolute Gasteiger partial charge is 0.470 e. The van der Waals surface area contributed by atoms with E-state index in [-0.39, 0.29) is 12.1 Å². The summed E-state index contributed by atoms with van der Waals surface area (Å²) in [4.78, 5) is 12.8. The van der Waals surface area contributed by atoms with Crippen molar-refractivity contribution in [1.29, 1.82) is 0 Å². The summed E-state index contributed by atoms with van der Waals surface area (Å²) in [6, 6.07) is 15.5. The van der Waals surface area contributed by atoms with Crippen LogP contribution in [0, 0.1) is 13.8 Å². The van der Waals surface area contributed by atoms with Crippen molar-refractivity contribution in [2.24, 2.45) is 0 Å². The third-order valence-electron chi connectivity index (χ3n) is 5.50. The summed E-state index contributed by atoms with van der Waals surface area (Å²) in [6.45, 7) is 6.46. The first kappa shape index (κ1) is 21.9. The summed E-state index contributed by atoms with van der Waals surface area (Å²) in [5.74, 6) is 1.11. The van der Waals surface area contributed by atoms with Crippen LogP contribution in [0.1, 0.15) is 22.3 Å². The molecule has 8 nitrogen and oxygen atoms in total. The van der Waals surface area contributed by atoms with Gasteiger partial charge in [0.15, 0.2) is 0 Å². The molecule has 32 heavy (non-hydrogen) atoms. The monoisotopic (exact) mass is 435 g/mol. The van der Waals surface area contributed by atoms with Crippen molar-refractivity contribution in [3.63, 3.8) is 0 Å². The molecule has 0 atom stereocenters. The Kier molecular flexibility index (Phi) is 6.72. The SMILES string of the molecule is COCc1ccc(C)c(CNC(=O)Nc2c(C)c(OC3CNC3)nn2-c2ccccc2)c1. The maximum Gasteiger partial charge on any atom is 0.320 e. The van der Waals surface area contributed by atoms with Gasteiger partial charge in [-0.05, 0) is 42.7 Å². The lowest BCUT2D eigenvalue weighted by Crippen LogP contribution is -2.50. The van der Waals surface area contributed by atoms with Crippen molar-refractivity contribution in [1.82, 2.24) is 20.4 Å². The Balaban J connectivity index is 1.51. The Hall–Kier alpha value is -3.36. The van der Waals surface area contributed by atoms with Crippen molar-refractivity contribution in [2.75, 3.05) is 25.5 Å². The van der Waals surface area contributed by atoms with Crippen LogP contribution in [-0.4, -0.2) is 42.1 Å². The van der Waals surface area contributed by atoms with Crippen molar-refractivity contribution in [3.8, 4) is 11.6 Å². The molecule has 0 bridgehead atoms. The van der Waals surface area contributed by atoms with Gasteiger partial charge in [0, 0.05) is 26.7 Å². The van der Waals surface area contributed by atoms with E-state index in [1.54, 1.807) is 11.8 Å². The molecule has 0 spiro atoms. The molecule has 168 valence electrons. The van der Waals surface area contributed by atoms with Gasteiger partial charge in [0.25, 0.3) is 0 Å². The predicted octanol–water partition coefficient (Wildman–Crippen LogP) is 3.31. The molecular weight excluding hydrogens is 406 g/mol. The number of benzene rings is 2. The van der Waals surface area contributed by atoms with Crippen molar-refractivity contribution in [3.05, 3.63) is 70.8 Å². The van der Waals surface area contributed by atoms with Gasteiger partial charge in [0.05, 0.1) is 17.9 Å². The molecule has 0 unspecified atom stereocenters. The van der Waals surface area contributed by atoms with Gasteiger partial charge in [0.2, 0.25) is 5.88 Å². The number of urea groups is 1. The van der Waals surface area contributed by atoms with Crippen LogP contribution >= 0.6 is 0 Å². The van der Waals surface area contributed by atoms with Crippen LogP contribution in [0.3, 0.4) is 0 Å². The number of hydrogen-bond acceptors (Lipinski definition) is 5.